The van der Waals surface area contributed by atoms with Crippen LogP contribution in [0.5, 0.6) is 0 Å². The van der Waals surface area contributed by atoms with Crippen LogP contribution in [0.25, 0.3) is 0 Å². The molecule has 33 heavy (non-hydrogen) atoms. The van der Waals surface area contributed by atoms with Crippen LogP contribution in [0.1, 0.15) is 15.9 Å². The molecular weight excluding hydrogens is 466 g/mol. The minimum Gasteiger partial charge on any atom is -0.323 e. The number of carbonyl (C=O) groups is 3. The molecule has 0 bridgehead atoms. The number of benzene rings is 1. The molecule has 8 nitrogen and oxygen atoms in total. The molecule has 0 radical (unpaired) electrons. The Kier molecular flexibility index (Phi) is 8.09. The molecule has 0 saturated carbocycles. The van der Waals surface area contributed by atoms with Crippen LogP contribution in [0.2, 0.25) is 0 Å². The maximum atomic E-state index is 14.5. The van der Waals surface area contributed by atoms with Gasteiger partial charge in [0, 0.05) is 29.7 Å². The Bertz CT molecular complexity index is 1030. The van der Waals surface area contributed by atoms with Gasteiger partial charge in [0.05, 0.1) is 6.20 Å². The summed E-state index contributed by atoms with van der Waals surface area (Å²) < 4.78 is 51.8. The molecule has 1 saturated heterocycles. The normalized spacial score (nSPS) is 15.8. The Morgan fingerprint density at radius 1 is 1.15 bits per heavy atom. The van der Waals surface area contributed by atoms with Gasteiger partial charge in [0.25, 0.3) is 5.91 Å². The molecule has 2 heterocycles. The van der Waals surface area contributed by atoms with E-state index in [1.54, 1.807) is 22.1 Å². The van der Waals surface area contributed by atoms with Crippen LogP contribution in [0, 0.1) is 11.6 Å². The summed E-state index contributed by atoms with van der Waals surface area (Å²) in [6, 6.07) is 5.75. The highest BCUT2D eigenvalue weighted by Crippen LogP contribution is 2.24. The summed E-state index contributed by atoms with van der Waals surface area (Å²) in [6.45, 7) is 0.805. The molecule has 1 unspecified atom stereocenters. The van der Waals surface area contributed by atoms with E-state index in [1.165, 1.54) is 29.7 Å². The molecule has 176 valence electrons. The van der Waals surface area contributed by atoms with Gasteiger partial charge >= 0.3 is 18.4 Å². The van der Waals surface area contributed by atoms with Gasteiger partial charge in [-0.2, -0.15) is 20.5 Å². The van der Waals surface area contributed by atoms with Crippen LogP contribution < -0.4 is 16.2 Å². The number of rotatable bonds is 5. The van der Waals surface area contributed by atoms with Crippen molar-refractivity contribution in [2.75, 3.05) is 24.2 Å². The molecule has 1 aliphatic rings. The highest BCUT2D eigenvalue weighted by molar-refractivity contribution is 8.00. The van der Waals surface area contributed by atoms with E-state index in [2.05, 4.69) is 10.3 Å². The number of hydrogen-bond acceptors (Lipinski definition) is 5. The predicted octanol–water partition coefficient (Wildman–Crippen LogP) is 2.58. The number of thioether (sulfide) groups is 1. The number of nitrogens with zero attached hydrogens (tertiary/aromatic N) is 2. The van der Waals surface area contributed by atoms with Gasteiger partial charge < -0.3 is 4.90 Å². The topological polar surface area (TPSA) is 103 Å². The lowest BCUT2D eigenvalue weighted by Gasteiger charge is -2.32. The van der Waals surface area contributed by atoms with Gasteiger partial charge in [0.2, 0.25) is 0 Å². The zero-order valence-electron chi connectivity index (χ0n) is 17.0. The summed E-state index contributed by atoms with van der Waals surface area (Å²) >= 11 is 1.57. The fourth-order valence-corrected chi connectivity index (χ4v) is 4.25. The Morgan fingerprint density at radius 3 is 2.61 bits per heavy atom. The monoisotopic (exact) mass is 485 g/mol. The highest BCUT2D eigenvalue weighted by atomic mass is 32.2. The summed E-state index contributed by atoms with van der Waals surface area (Å²) in [5, 5.41) is 2.47. The molecule has 3 rings (SSSR count). The Morgan fingerprint density at radius 2 is 1.94 bits per heavy atom. The van der Waals surface area contributed by atoms with Crippen molar-refractivity contribution in [2.45, 2.75) is 18.1 Å². The van der Waals surface area contributed by atoms with Crippen LogP contribution in [-0.2, 0) is 11.2 Å². The van der Waals surface area contributed by atoms with Gasteiger partial charge in [0.15, 0.2) is 0 Å². The summed E-state index contributed by atoms with van der Waals surface area (Å²) in [6.07, 6.45) is -2.03. The molecule has 0 aliphatic carbocycles. The molecule has 13 heteroatoms. The maximum Gasteiger partial charge on any atom is 0.323 e. The lowest BCUT2D eigenvalue weighted by molar-refractivity contribution is -0.132. The van der Waals surface area contributed by atoms with Crippen molar-refractivity contribution in [1.29, 1.82) is 0 Å². The van der Waals surface area contributed by atoms with Gasteiger partial charge in [-0.3, -0.25) is 25.8 Å². The number of anilines is 1. The molecule has 1 aromatic heterocycles. The zero-order chi connectivity index (χ0) is 24.0. The van der Waals surface area contributed by atoms with E-state index in [4.69, 9.17) is 0 Å². The van der Waals surface area contributed by atoms with Crippen LogP contribution >= 0.6 is 11.8 Å². The largest absolute Gasteiger partial charge is 0.323 e. The molecule has 1 atom stereocenters. The standard InChI is InChI=1S/C20H19F4N5O3S/c21-13-3-4-16(25-9-13)26-20(32)29-5-6-33-14(10-29)7-11-1-2-12(8-15(11)22)18(30)27-28-19(31)17(23)24/h1-4,8-9,14,17H,5-7,10H2,(H,27,30)(H,28,31)(H,25,26,32). The molecule has 3 N–H and O–H groups in total. The Hall–Kier alpha value is -3.35. The van der Waals surface area contributed by atoms with E-state index in [1.807, 2.05) is 0 Å². The van der Waals surface area contributed by atoms with Crippen molar-refractivity contribution in [3.63, 3.8) is 0 Å². The SMILES string of the molecule is O=C(NNC(=O)C(F)F)c1ccc(CC2CN(C(=O)Nc3ccc(F)cn3)CCS2)c(F)c1. The van der Waals surface area contributed by atoms with Crippen LogP contribution in [0.15, 0.2) is 36.5 Å². The Labute approximate surface area is 190 Å². The minimum absolute atomic E-state index is 0.120. The van der Waals surface area contributed by atoms with Crippen molar-refractivity contribution < 1.29 is 31.9 Å². The van der Waals surface area contributed by atoms with Crippen molar-refractivity contribution in [2.24, 2.45) is 0 Å². The van der Waals surface area contributed by atoms with Crippen molar-refractivity contribution in [1.82, 2.24) is 20.7 Å². The number of nitrogens with one attached hydrogen (secondary N) is 3. The summed E-state index contributed by atoms with van der Waals surface area (Å²) in [5.74, 6) is -2.99. The minimum atomic E-state index is -3.30. The van der Waals surface area contributed by atoms with E-state index in [0.29, 0.717) is 24.4 Å². The average Bonchev–Trinajstić information content (AvgIpc) is 2.80. The molecule has 2 aromatic rings. The van der Waals surface area contributed by atoms with E-state index in [0.717, 1.165) is 12.3 Å². The molecule has 1 aromatic carbocycles. The fourth-order valence-electron chi connectivity index (χ4n) is 3.01. The number of halogens is 4. The van der Waals surface area contributed by atoms with Gasteiger partial charge in [-0.1, -0.05) is 6.07 Å². The first-order valence-corrected chi connectivity index (χ1v) is 10.7. The van der Waals surface area contributed by atoms with Crippen molar-refractivity contribution >= 4 is 35.4 Å². The van der Waals surface area contributed by atoms with E-state index in [-0.39, 0.29) is 23.1 Å². The second-order valence-electron chi connectivity index (χ2n) is 6.99. The number of alkyl halides is 2. The number of aromatic nitrogens is 1. The molecule has 1 fully saturated rings. The van der Waals surface area contributed by atoms with Crippen molar-refractivity contribution in [3.05, 3.63) is 59.3 Å². The average molecular weight is 485 g/mol. The summed E-state index contributed by atoms with van der Waals surface area (Å²) in [5.41, 5.74) is 3.47. The third-order valence-electron chi connectivity index (χ3n) is 4.65. The van der Waals surface area contributed by atoms with Crippen LogP contribution in [-0.4, -0.2) is 58.2 Å². The summed E-state index contributed by atoms with van der Waals surface area (Å²) in [4.78, 5) is 40.5. The number of urea groups is 1. The van der Waals surface area contributed by atoms with Crippen LogP contribution in [0.4, 0.5) is 28.2 Å². The first-order chi connectivity index (χ1) is 15.7. The number of hydrogen-bond donors (Lipinski definition) is 3. The molecule has 4 amide bonds. The second kappa shape index (κ2) is 11.0. The van der Waals surface area contributed by atoms with Gasteiger partial charge in [-0.25, -0.2) is 18.6 Å². The third-order valence-corrected chi connectivity index (χ3v) is 5.85. The molecule has 0 spiro atoms. The van der Waals surface area contributed by atoms with Gasteiger partial charge in [-0.15, -0.1) is 0 Å². The van der Waals surface area contributed by atoms with Crippen molar-refractivity contribution in [3.8, 4) is 0 Å². The van der Waals surface area contributed by atoms with E-state index >= 15 is 0 Å². The highest BCUT2D eigenvalue weighted by Gasteiger charge is 2.26. The van der Waals surface area contributed by atoms with E-state index in [9.17, 15) is 31.9 Å². The van der Waals surface area contributed by atoms with E-state index < -0.39 is 35.9 Å². The lowest BCUT2D eigenvalue weighted by atomic mass is 10.1. The number of hydrazine groups is 1. The summed E-state index contributed by atoms with van der Waals surface area (Å²) in [7, 11) is 0. The maximum absolute atomic E-state index is 14.5. The number of amides is 4. The second-order valence-corrected chi connectivity index (χ2v) is 8.39. The first kappa shape index (κ1) is 24.3. The third kappa shape index (κ3) is 6.81. The van der Waals surface area contributed by atoms with Gasteiger partial charge in [0.1, 0.15) is 17.5 Å². The molecule has 1 aliphatic heterocycles. The Balaban J connectivity index is 1.56. The van der Waals surface area contributed by atoms with Gasteiger partial charge in [-0.05, 0) is 36.2 Å². The number of carbonyl (C=O) groups excluding carboxylic acids is 3. The predicted molar refractivity (Wildman–Crippen MR) is 113 cm³/mol. The first-order valence-electron chi connectivity index (χ1n) is 9.69. The smallest absolute Gasteiger partial charge is 0.323 e. The zero-order valence-corrected chi connectivity index (χ0v) is 17.8. The quantitative estimate of drug-likeness (QED) is 0.446. The number of pyridine rings is 1. The molecular formula is C20H19F4N5O3S. The van der Waals surface area contributed by atoms with Crippen LogP contribution in [0.3, 0.4) is 0 Å². The fraction of sp³-hybridized carbons (Fsp3) is 0.300. The lowest BCUT2D eigenvalue weighted by Crippen LogP contribution is -2.45.